The number of hydrogen-bond acceptors (Lipinski definition) is 8. The summed E-state index contributed by atoms with van der Waals surface area (Å²) in [5, 5.41) is 15.9. The fraction of sp³-hybridized carbons (Fsp3) is 0.375. The number of carbonyl (C=O) groups is 2. The van der Waals surface area contributed by atoms with E-state index in [1.165, 1.54) is 36.8 Å². The number of amides is 2. The second kappa shape index (κ2) is 18.6. The third-order valence-electron chi connectivity index (χ3n) is 9.79. The van der Waals surface area contributed by atoms with Gasteiger partial charge in [-0.3, -0.25) is 18.7 Å². The molecule has 3 atom stereocenters. The molecule has 0 saturated heterocycles. The minimum atomic E-state index is -5.24. The maximum absolute atomic E-state index is 15.1. The molecule has 0 spiro atoms. The number of anilines is 1. The highest BCUT2D eigenvalue weighted by Crippen LogP contribution is 2.45. The Balaban J connectivity index is 1.81. The number of benzene rings is 2. The molecule has 344 valence electrons. The number of pyridine rings is 1. The average molecular weight is 968 g/mol. The van der Waals surface area contributed by atoms with Crippen molar-refractivity contribution in [1.82, 2.24) is 20.1 Å². The van der Waals surface area contributed by atoms with E-state index in [1.807, 2.05) is 0 Å². The van der Waals surface area contributed by atoms with Crippen molar-refractivity contribution < 1.29 is 62.8 Å². The highest BCUT2D eigenvalue weighted by atomic mass is 35.5. The quantitative estimate of drug-likeness (QED) is 0.0764. The van der Waals surface area contributed by atoms with Crippen molar-refractivity contribution in [2.45, 2.75) is 69.2 Å². The Morgan fingerprint density at radius 1 is 1.11 bits per heavy atom. The molecule has 1 aliphatic carbocycles. The maximum atomic E-state index is 15.1. The molecule has 24 heteroatoms. The maximum Gasteiger partial charge on any atom is 0.431 e. The van der Waals surface area contributed by atoms with Gasteiger partial charge in [-0.05, 0) is 79.9 Å². The Morgan fingerprint density at radius 2 is 1.73 bits per heavy atom. The number of nitrogens with zero attached hydrogens (tertiary/aromatic N) is 5. The molecule has 0 aliphatic heterocycles. The number of hydrogen-bond donors (Lipinski definition) is 3. The van der Waals surface area contributed by atoms with Gasteiger partial charge in [0.25, 0.3) is 5.92 Å². The first kappa shape index (κ1) is 49.7. The van der Waals surface area contributed by atoms with Crippen LogP contribution in [-0.2, 0) is 28.6 Å². The number of halogens is 11. The highest BCUT2D eigenvalue weighted by molar-refractivity contribution is 8.00. The van der Waals surface area contributed by atoms with Crippen LogP contribution in [0.15, 0.2) is 58.7 Å². The number of carboxylic acid groups (broad SMARTS) is 1. The number of aromatic nitrogens is 3. The van der Waals surface area contributed by atoms with Gasteiger partial charge >= 0.3 is 18.4 Å². The smallest absolute Gasteiger partial charge is 0.431 e. The molecular formula is C40H36ClF10N7O4S2. The van der Waals surface area contributed by atoms with Crippen LogP contribution in [-0.4, -0.2) is 83.9 Å². The van der Waals surface area contributed by atoms with Crippen LogP contribution in [0.3, 0.4) is 0 Å². The first-order chi connectivity index (χ1) is 29.5. The van der Waals surface area contributed by atoms with Crippen LogP contribution in [0.25, 0.3) is 22.0 Å². The summed E-state index contributed by atoms with van der Waals surface area (Å²) in [6.07, 6.45) is -10.8. The summed E-state index contributed by atoms with van der Waals surface area (Å²) in [6, 6.07) is 5.69. The Kier molecular flexibility index (Phi) is 14.5. The number of alkyl halides is 8. The Morgan fingerprint density at radius 3 is 2.30 bits per heavy atom. The third kappa shape index (κ3) is 11.1. The lowest BCUT2D eigenvalue weighted by atomic mass is 9.93. The van der Waals surface area contributed by atoms with E-state index in [9.17, 15) is 54.0 Å². The Bertz CT molecular complexity index is 2640. The van der Waals surface area contributed by atoms with Gasteiger partial charge in [-0.15, -0.1) is 0 Å². The molecule has 1 aliphatic rings. The topological polar surface area (TPSA) is 156 Å². The van der Waals surface area contributed by atoms with E-state index in [-0.39, 0.29) is 38.5 Å². The minimum Gasteiger partial charge on any atom is -0.464 e. The van der Waals surface area contributed by atoms with Gasteiger partial charge in [0.15, 0.2) is 5.82 Å². The molecule has 1 fully saturated rings. The molecule has 2 aromatic heterocycles. The molecule has 11 nitrogen and oxygen atoms in total. The Hall–Kier alpha value is -5.34. The molecular weight excluding hydrogens is 932 g/mol. The van der Waals surface area contributed by atoms with Crippen molar-refractivity contribution in [3.05, 3.63) is 87.3 Å². The first-order valence-corrected chi connectivity index (χ1v) is 21.6. The Labute approximate surface area is 370 Å². The number of carbonyl (C=O) groups excluding carboxylic acids is 1. The molecule has 64 heavy (non-hydrogen) atoms. The van der Waals surface area contributed by atoms with E-state index in [0.29, 0.717) is 27.0 Å². The van der Waals surface area contributed by atoms with E-state index in [0.717, 1.165) is 19.1 Å². The molecule has 1 saturated carbocycles. The number of rotatable bonds is 11. The van der Waals surface area contributed by atoms with Crippen molar-refractivity contribution in [3.8, 4) is 23.0 Å². The second-order valence-corrected chi connectivity index (χ2v) is 18.0. The zero-order chi connectivity index (χ0) is 47.9. The molecule has 4 N–H and O–H groups in total. The second-order valence-electron chi connectivity index (χ2n) is 14.9. The summed E-state index contributed by atoms with van der Waals surface area (Å²) in [5.41, 5.74) is -0.219. The van der Waals surface area contributed by atoms with Gasteiger partial charge in [0.1, 0.15) is 46.6 Å². The van der Waals surface area contributed by atoms with Crippen LogP contribution in [0, 0.1) is 29.4 Å². The molecule has 2 aromatic carbocycles. The van der Waals surface area contributed by atoms with Crippen LogP contribution in [0.2, 0.25) is 5.02 Å². The number of fused-ring (bicyclic) bond motifs is 1. The summed E-state index contributed by atoms with van der Waals surface area (Å²) < 4.78 is 155. The first-order valence-electron chi connectivity index (χ1n) is 18.5. The SMILES string of the molecule is CSN(C(=O)O)c1nn(CC(F)(F)F)c2c(-c3ccc(C#CC(C)(C)S(C)=O)nc3C(Cc3cc(F)cc(F)c3)NC(=O)CN=C3/C(=C(\N)C(F)(F)F)[C@@H](C)CC3(F)F)ccc(Cl)c12. The van der Waals surface area contributed by atoms with E-state index in [1.54, 1.807) is 13.8 Å². The van der Waals surface area contributed by atoms with Crippen LogP contribution in [0.1, 0.15) is 50.2 Å². The summed E-state index contributed by atoms with van der Waals surface area (Å²) >= 11 is 7.11. The predicted octanol–water partition coefficient (Wildman–Crippen LogP) is 9.15. The number of aliphatic imine (C=N–C) groups is 1. The van der Waals surface area contributed by atoms with Gasteiger partial charge in [-0.25, -0.2) is 22.9 Å². The van der Waals surface area contributed by atoms with Gasteiger partial charge < -0.3 is 16.2 Å². The summed E-state index contributed by atoms with van der Waals surface area (Å²) in [7, 11) is -1.52. The van der Waals surface area contributed by atoms with Gasteiger partial charge in [-0.1, -0.05) is 30.5 Å². The summed E-state index contributed by atoms with van der Waals surface area (Å²) in [5.74, 6) is -3.76. The largest absolute Gasteiger partial charge is 0.464 e. The van der Waals surface area contributed by atoms with E-state index in [4.69, 9.17) is 17.3 Å². The summed E-state index contributed by atoms with van der Waals surface area (Å²) in [6.45, 7) is 1.13. The van der Waals surface area contributed by atoms with Crippen LogP contribution >= 0.6 is 23.5 Å². The average Bonchev–Trinajstić information content (AvgIpc) is 3.63. The van der Waals surface area contributed by atoms with Gasteiger partial charge in [-0.2, -0.15) is 40.2 Å². The molecule has 4 aromatic rings. The van der Waals surface area contributed by atoms with Crippen molar-refractivity contribution in [3.63, 3.8) is 0 Å². The lowest BCUT2D eigenvalue weighted by Gasteiger charge is -2.23. The minimum absolute atomic E-state index is 0.103. The van der Waals surface area contributed by atoms with Gasteiger partial charge in [0.05, 0.1) is 27.7 Å². The van der Waals surface area contributed by atoms with Crippen molar-refractivity contribution in [2.24, 2.45) is 16.6 Å². The molecule has 0 bridgehead atoms. The molecule has 0 radical (unpaired) electrons. The van der Waals surface area contributed by atoms with E-state index >= 15 is 8.78 Å². The fourth-order valence-corrected chi connectivity index (χ4v) is 7.71. The molecule has 2 heterocycles. The normalized spacial score (nSPS) is 17.8. The van der Waals surface area contributed by atoms with Crippen molar-refractivity contribution in [2.75, 3.05) is 23.4 Å². The lowest BCUT2D eigenvalue weighted by molar-refractivity contribution is -0.141. The number of nitrogens with two attached hydrogens (primary N) is 1. The zero-order valence-electron chi connectivity index (χ0n) is 34.0. The van der Waals surface area contributed by atoms with Crippen LogP contribution < -0.4 is 15.4 Å². The van der Waals surface area contributed by atoms with E-state index in [2.05, 4.69) is 32.2 Å². The monoisotopic (exact) mass is 967 g/mol. The van der Waals surface area contributed by atoms with Crippen molar-refractivity contribution in [1.29, 1.82) is 0 Å². The standard InChI is InChI=1S/C40H36ClF10N7O4S2/c1-19-16-38(44,45)34(29(19)33(52)40(49,50)51)53-17-28(59)55-27(14-20-12-21(42)15-22(43)13-20)31-24(7-6-23(54-31)10-11-37(2,3)64(5)62)25-8-9-26(41)30-32(25)57(18-39(46,47)48)56-35(30)58(63-4)36(60)61/h6-9,12-13,15,19,27H,14,16-18,52H2,1-5H3,(H,55,59)(H,60,61)/b33-29-,53-34?/t19-,27?,64?/m0/s1. The lowest BCUT2D eigenvalue weighted by Crippen LogP contribution is -2.34. The van der Waals surface area contributed by atoms with Gasteiger partial charge in [0.2, 0.25) is 5.91 Å². The van der Waals surface area contributed by atoms with Crippen LogP contribution in [0.5, 0.6) is 0 Å². The van der Waals surface area contributed by atoms with Crippen molar-refractivity contribution >= 4 is 68.8 Å². The third-order valence-corrected chi connectivity index (χ3v) is 12.3. The molecule has 2 amide bonds. The number of allylic oxidation sites excluding steroid dienone is 2. The van der Waals surface area contributed by atoms with E-state index < -0.39 is 124 Å². The van der Waals surface area contributed by atoms with Crippen LogP contribution in [0.4, 0.5) is 54.5 Å². The zero-order valence-corrected chi connectivity index (χ0v) is 36.4. The molecule has 5 rings (SSSR count). The fourth-order valence-electron chi connectivity index (χ4n) is 6.82. The summed E-state index contributed by atoms with van der Waals surface area (Å²) in [4.78, 5) is 34.2. The molecule has 2 unspecified atom stereocenters. The predicted molar refractivity (Wildman–Crippen MR) is 222 cm³/mol. The van der Waals surface area contributed by atoms with Gasteiger partial charge in [0, 0.05) is 52.5 Å². The number of nitrogens with one attached hydrogen (secondary N) is 1. The highest BCUT2D eigenvalue weighted by Gasteiger charge is 2.52.